The van der Waals surface area contributed by atoms with Gasteiger partial charge >= 0.3 is 0 Å². The minimum atomic E-state index is -0.514. The van der Waals surface area contributed by atoms with Gasteiger partial charge in [-0.15, -0.1) is 0 Å². The van der Waals surface area contributed by atoms with Crippen molar-refractivity contribution in [1.29, 1.82) is 0 Å². The van der Waals surface area contributed by atoms with Crippen LogP contribution in [0.25, 0.3) is 11.3 Å². The molecule has 0 radical (unpaired) electrons. The van der Waals surface area contributed by atoms with Gasteiger partial charge in [0.1, 0.15) is 0 Å². The van der Waals surface area contributed by atoms with Gasteiger partial charge in [-0.3, -0.25) is 4.98 Å². The molecular formula is C17H15N3O. The van der Waals surface area contributed by atoms with E-state index in [0.717, 1.165) is 22.5 Å². The Balaban J connectivity index is 1.70. The monoisotopic (exact) mass is 277 g/mol. The molecular weight excluding hydrogens is 262 g/mol. The zero-order valence-electron chi connectivity index (χ0n) is 11.4. The van der Waals surface area contributed by atoms with Crippen molar-refractivity contribution >= 4 is 0 Å². The molecule has 21 heavy (non-hydrogen) atoms. The molecule has 4 nitrogen and oxygen atoms in total. The maximum Gasteiger partial charge on any atom is 0.0957 e. The summed E-state index contributed by atoms with van der Waals surface area (Å²) in [5.74, 6) is 0. The quantitative estimate of drug-likeness (QED) is 0.800. The van der Waals surface area contributed by atoms with E-state index in [4.69, 9.17) is 0 Å². The summed E-state index contributed by atoms with van der Waals surface area (Å²) < 4.78 is 2.10. The topological polar surface area (TPSA) is 50.9 Å². The molecule has 1 aliphatic rings. The first-order valence-electron chi connectivity index (χ1n) is 7.04. The van der Waals surface area contributed by atoms with E-state index < -0.39 is 6.10 Å². The predicted molar refractivity (Wildman–Crippen MR) is 79.6 cm³/mol. The average Bonchev–Trinajstić information content (AvgIpc) is 3.11. The maximum absolute atomic E-state index is 10.5. The molecule has 1 aromatic carbocycles. The van der Waals surface area contributed by atoms with E-state index in [-0.39, 0.29) is 6.04 Å². The maximum atomic E-state index is 10.5. The van der Waals surface area contributed by atoms with Crippen molar-refractivity contribution in [3.8, 4) is 11.3 Å². The molecule has 3 aromatic rings. The fraction of sp³-hybridized carbons (Fsp3) is 0.176. The molecule has 2 atom stereocenters. The number of benzene rings is 1. The SMILES string of the molecule is O[C@H](C[C@@H]1c2ncccc2-c2cncn21)c1ccccc1. The van der Waals surface area contributed by atoms with Crippen LogP contribution < -0.4 is 0 Å². The van der Waals surface area contributed by atoms with Crippen LogP contribution in [0.2, 0.25) is 0 Å². The number of aromatic nitrogens is 3. The molecule has 4 heteroatoms. The zero-order chi connectivity index (χ0) is 14.2. The van der Waals surface area contributed by atoms with Crippen LogP contribution in [0.1, 0.15) is 29.8 Å². The van der Waals surface area contributed by atoms with E-state index in [1.807, 2.05) is 48.9 Å². The Kier molecular flexibility index (Phi) is 2.82. The molecule has 2 aromatic heterocycles. The summed E-state index contributed by atoms with van der Waals surface area (Å²) in [5.41, 5.74) is 4.14. The molecule has 0 spiro atoms. The normalized spacial score (nSPS) is 17.3. The number of imidazole rings is 1. The number of hydrogen-bond acceptors (Lipinski definition) is 3. The second-order valence-electron chi connectivity index (χ2n) is 5.30. The Morgan fingerprint density at radius 3 is 2.86 bits per heavy atom. The third-order valence-electron chi connectivity index (χ3n) is 4.06. The Labute approximate surface area is 122 Å². The summed E-state index contributed by atoms with van der Waals surface area (Å²) >= 11 is 0. The molecule has 0 bridgehead atoms. The van der Waals surface area contributed by atoms with Crippen molar-refractivity contribution < 1.29 is 5.11 Å². The number of aliphatic hydroxyl groups is 1. The van der Waals surface area contributed by atoms with E-state index in [2.05, 4.69) is 20.6 Å². The van der Waals surface area contributed by atoms with Crippen LogP contribution in [0, 0.1) is 0 Å². The fourth-order valence-corrected chi connectivity index (χ4v) is 3.04. The van der Waals surface area contributed by atoms with Gasteiger partial charge < -0.3 is 9.67 Å². The van der Waals surface area contributed by atoms with E-state index in [1.54, 1.807) is 6.20 Å². The van der Waals surface area contributed by atoms with Gasteiger partial charge in [0.15, 0.2) is 0 Å². The number of nitrogens with zero attached hydrogens (tertiary/aromatic N) is 3. The highest BCUT2D eigenvalue weighted by atomic mass is 16.3. The smallest absolute Gasteiger partial charge is 0.0957 e. The first kappa shape index (κ1) is 12.3. The summed E-state index contributed by atoms with van der Waals surface area (Å²) in [6, 6.07) is 13.8. The largest absolute Gasteiger partial charge is 0.388 e. The summed E-state index contributed by atoms with van der Waals surface area (Å²) in [7, 11) is 0. The van der Waals surface area contributed by atoms with E-state index in [9.17, 15) is 5.11 Å². The van der Waals surface area contributed by atoms with Crippen LogP contribution in [0.3, 0.4) is 0 Å². The molecule has 0 amide bonds. The molecule has 3 heterocycles. The van der Waals surface area contributed by atoms with Crippen molar-refractivity contribution in [1.82, 2.24) is 14.5 Å². The van der Waals surface area contributed by atoms with Crippen LogP contribution in [0.5, 0.6) is 0 Å². The van der Waals surface area contributed by atoms with Gasteiger partial charge in [0.05, 0.1) is 36.1 Å². The molecule has 0 saturated heterocycles. The lowest BCUT2D eigenvalue weighted by molar-refractivity contribution is 0.153. The highest BCUT2D eigenvalue weighted by Gasteiger charge is 2.31. The van der Waals surface area contributed by atoms with Gasteiger partial charge in [-0.2, -0.15) is 0 Å². The summed E-state index contributed by atoms with van der Waals surface area (Å²) in [6.45, 7) is 0. The van der Waals surface area contributed by atoms with Gasteiger partial charge in [-0.1, -0.05) is 30.3 Å². The minimum absolute atomic E-state index is 0.0360. The number of pyridine rings is 1. The molecule has 104 valence electrons. The Bertz CT molecular complexity index is 766. The molecule has 4 rings (SSSR count). The van der Waals surface area contributed by atoms with Crippen LogP contribution in [-0.4, -0.2) is 19.6 Å². The van der Waals surface area contributed by atoms with Crippen molar-refractivity contribution in [2.45, 2.75) is 18.6 Å². The van der Waals surface area contributed by atoms with Crippen LogP contribution >= 0.6 is 0 Å². The van der Waals surface area contributed by atoms with Crippen molar-refractivity contribution in [2.24, 2.45) is 0 Å². The molecule has 1 N–H and O–H groups in total. The summed E-state index contributed by atoms with van der Waals surface area (Å²) in [5, 5.41) is 10.5. The first-order valence-corrected chi connectivity index (χ1v) is 7.04. The minimum Gasteiger partial charge on any atom is -0.388 e. The average molecular weight is 277 g/mol. The molecule has 0 fully saturated rings. The third-order valence-corrected chi connectivity index (χ3v) is 4.06. The number of fused-ring (bicyclic) bond motifs is 3. The highest BCUT2D eigenvalue weighted by molar-refractivity contribution is 5.66. The standard InChI is InChI=1S/C17H15N3O/c21-16(12-5-2-1-3-6-12)9-14-17-13(7-4-8-19-17)15-10-18-11-20(14)15/h1-8,10-11,14,16,21H,9H2/t14-,16-/m1/s1. The van der Waals surface area contributed by atoms with Crippen LogP contribution in [0.4, 0.5) is 0 Å². The van der Waals surface area contributed by atoms with Gasteiger partial charge in [0.2, 0.25) is 0 Å². The van der Waals surface area contributed by atoms with Crippen LogP contribution in [-0.2, 0) is 0 Å². The van der Waals surface area contributed by atoms with Gasteiger partial charge in [-0.05, 0) is 17.7 Å². The van der Waals surface area contributed by atoms with Gasteiger partial charge in [-0.25, -0.2) is 4.98 Å². The Hall–Kier alpha value is -2.46. The third kappa shape index (κ3) is 1.96. The molecule has 1 aliphatic heterocycles. The Morgan fingerprint density at radius 1 is 1.14 bits per heavy atom. The van der Waals surface area contributed by atoms with Crippen molar-refractivity contribution in [3.63, 3.8) is 0 Å². The summed E-state index contributed by atoms with van der Waals surface area (Å²) in [6.07, 6.45) is 5.56. The zero-order valence-corrected chi connectivity index (χ0v) is 11.4. The van der Waals surface area contributed by atoms with E-state index in [0.29, 0.717) is 6.42 Å². The lowest BCUT2D eigenvalue weighted by atomic mass is 9.99. The first-order chi connectivity index (χ1) is 10.3. The van der Waals surface area contributed by atoms with Crippen LogP contribution in [0.15, 0.2) is 61.2 Å². The predicted octanol–water partition coefficient (Wildman–Crippen LogP) is 2.97. The lowest BCUT2D eigenvalue weighted by Crippen LogP contribution is -2.11. The molecule has 0 unspecified atom stereocenters. The van der Waals surface area contributed by atoms with E-state index >= 15 is 0 Å². The molecule has 0 aliphatic carbocycles. The van der Waals surface area contributed by atoms with E-state index in [1.165, 1.54) is 0 Å². The van der Waals surface area contributed by atoms with Gasteiger partial charge in [0, 0.05) is 18.2 Å². The molecule has 0 saturated carbocycles. The second-order valence-corrected chi connectivity index (χ2v) is 5.30. The van der Waals surface area contributed by atoms with Gasteiger partial charge in [0.25, 0.3) is 0 Å². The highest BCUT2D eigenvalue weighted by Crippen LogP contribution is 2.41. The van der Waals surface area contributed by atoms with Crippen molar-refractivity contribution in [3.05, 3.63) is 72.4 Å². The Morgan fingerprint density at radius 2 is 2.00 bits per heavy atom. The number of rotatable bonds is 3. The fourth-order valence-electron chi connectivity index (χ4n) is 3.04. The second kappa shape index (κ2) is 4.82. The lowest BCUT2D eigenvalue weighted by Gasteiger charge is -2.18. The van der Waals surface area contributed by atoms with Crippen molar-refractivity contribution in [2.75, 3.05) is 0 Å². The number of aliphatic hydroxyl groups excluding tert-OH is 1. The summed E-state index contributed by atoms with van der Waals surface area (Å²) in [4.78, 5) is 8.74. The number of hydrogen-bond donors (Lipinski definition) is 1.